The molecule has 1 fully saturated rings. The molecule has 1 aromatic heterocycles. The van der Waals surface area contributed by atoms with Gasteiger partial charge in [-0.15, -0.1) is 0 Å². The quantitative estimate of drug-likeness (QED) is 0.515. The molecule has 0 aliphatic carbocycles. The fraction of sp³-hybridized carbons (Fsp3) is 0.211. The number of para-hydroxylation sites is 1. The Morgan fingerprint density at radius 3 is 2.72 bits per heavy atom. The summed E-state index contributed by atoms with van der Waals surface area (Å²) in [5.41, 5.74) is -1.000. The van der Waals surface area contributed by atoms with Gasteiger partial charge in [-0.3, -0.25) is 4.79 Å². The largest absolute Gasteiger partial charge is 0.464 e. The van der Waals surface area contributed by atoms with Crippen LogP contribution in [0.3, 0.4) is 0 Å². The van der Waals surface area contributed by atoms with E-state index in [0.29, 0.717) is 18.0 Å². The van der Waals surface area contributed by atoms with E-state index in [1.807, 2.05) is 0 Å². The van der Waals surface area contributed by atoms with Gasteiger partial charge >= 0.3 is 12.1 Å². The average molecular weight is 407 g/mol. The standard InChI is InChI=1S/C19H13F4N3O3/c20-9-4-5-10(12(8-9)19(21,22)23)16-24-13-3-1-2-11(15(13)26-16)17(27)25-14-6-7-29-18(14)28/h1-5,8,14H,6-7H2,(H,24,26)(H,25,27). The van der Waals surface area contributed by atoms with Gasteiger partial charge in [0, 0.05) is 12.0 Å². The van der Waals surface area contributed by atoms with E-state index in [2.05, 4.69) is 15.3 Å². The van der Waals surface area contributed by atoms with Crippen molar-refractivity contribution < 1.29 is 31.9 Å². The number of H-pyrrole nitrogens is 1. The summed E-state index contributed by atoms with van der Waals surface area (Å²) < 4.78 is 58.1. The highest BCUT2D eigenvalue weighted by atomic mass is 19.4. The molecule has 150 valence electrons. The highest BCUT2D eigenvalue weighted by Crippen LogP contribution is 2.37. The maximum absolute atomic E-state index is 13.4. The zero-order chi connectivity index (χ0) is 20.8. The minimum absolute atomic E-state index is 0.0837. The van der Waals surface area contributed by atoms with Crippen molar-refractivity contribution in [2.75, 3.05) is 6.61 Å². The van der Waals surface area contributed by atoms with Crippen LogP contribution < -0.4 is 5.32 Å². The van der Waals surface area contributed by atoms with Gasteiger partial charge in [-0.2, -0.15) is 13.2 Å². The molecule has 10 heteroatoms. The zero-order valence-electron chi connectivity index (χ0n) is 14.6. The number of rotatable bonds is 3. The number of ether oxygens (including phenoxy) is 1. The molecule has 29 heavy (non-hydrogen) atoms. The number of fused-ring (bicyclic) bond motifs is 1. The summed E-state index contributed by atoms with van der Waals surface area (Å²) in [5, 5.41) is 2.53. The molecule has 0 spiro atoms. The summed E-state index contributed by atoms with van der Waals surface area (Å²) in [5.74, 6) is -2.34. The molecule has 1 aliphatic rings. The number of carbonyl (C=O) groups is 2. The Bertz CT molecular complexity index is 1120. The number of hydrogen-bond acceptors (Lipinski definition) is 4. The number of esters is 1. The first kappa shape index (κ1) is 18.9. The summed E-state index contributed by atoms with van der Waals surface area (Å²) in [6.45, 7) is 0.200. The fourth-order valence-electron chi connectivity index (χ4n) is 3.16. The van der Waals surface area contributed by atoms with E-state index in [9.17, 15) is 27.2 Å². The van der Waals surface area contributed by atoms with Crippen molar-refractivity contribution in [3.63, 3.8) is 0 Å². The average Bonchev–Trinajstić information content (AvgIpc) is 3.27. The first-order valence-electron chi connectivity index (χ1n) is 8.57. The molecule has 0 saturated carbocycles. The van der Waals surface area contributed by atoms with E-state index < -0.39 is 35.5 Å². The van der Waals surface area contributed by atoms with Gasteiger partial charge in [0.25, 0.3) is 5.91 Å². The second kappa shape index (κ2) is 6.87. The van der Waals surface area contributed by atoms with Crippen molar-refractivity contribution in [3.05, 3.63) is 53.3 Å². The third-order valence-electron chi connectivity index (χ3n) is 4.54. The van der Waals surface area contributed by atoms with Gasteiger partial charge in [0.15, 0.2) is 0 Å². The monoisotopic (exact) mass is 407 g/mol. The lowest BCUT2D eigenvalue weighted by atomic mass is 10.1. The SMILES string of the molecule is O=C(NC1CCOC1=O)c1cccc2[nH]c(-c3ccc(F)cc3C(F)(F)F)nc12. The molecule has 1 unspecified atom stereocenters. The summed E-state index contributed by atoms with van der Waals surface area (Å²) in [6, 6.07) is 6.00. The Morgan fingerprint density at radius 1 is 1.24 bits per heavy atom. The first-order chi connectivity index (χ1) is 13.7. The van der Waals surface area contributed by atoms with Gasteiger partial charge in [-0.1, -0.05) is 6.07 Å². The lowest BCUT2D eigenvalue weighted by molar-refractivity contribution is -0.139. The second-order valence-electron chi connectivity index (χ2n) is 6.46. The molecule has 2 heterocycles. The Balaban J connectivity index is 1.76. The van der Waals surface area contributed by atoms with E-state index in [4.69, 9.17) is 4.74 Å². The number of aromatic nitrogens is 2. The maximum Gasteiger partial charge on any atom is 0.417 e. The number of amides is 1. The summed E-state index contributed by atoms with van der Waals surface area (Å²) in [6.07, 6.45) is -4.46. The Kier molecular flexibility index (Phi) is 4.48. The Morgan fingerprint density at radius 2 is 2.03 bits per heavy atom. The van der Waals surface area contributed by atoms with E-state index in [-0.39, 0.29) is 29.1 Å². The van der Waals surface area contributed by atoms with Crippen LogP contribution in [0.4, 0.5) is 17.6 Å². The fourth-order valence-corrected chi connectivity index (χ4v) is 3.16. The van der Waals surface area contributed by atoms with Crippen LogP contribution in [0.15, 0.2) is 36.4 Å². The van der Waals surface area contributed by atoms with Gasteiger partial charge < -0.3 is 15.0 Å². The number of alkyl halides is 3. The Hall–Kier alpha value is -3.43. The molecule has 1 saturated heterocycles. The predicted molar refractivity (Wildman–Crippen MR) is 93.3 cm³/mol. The van der Waals surface area contributed by atoms with Crippen molar-refractivity contribution in [1.29, 1.82) is 0 Å². The molecule has 6 nitrogen and oxygen atoms in total. The van der Waals surface area contributed by atoms with Gasteiger partial charge in [-0.05, 0) is 30.3 Å². The van der Waals surface area contributed by atoms with Crippen molar-refractivity contribution in [2.24, 2.45) is 0 Å². The van der Waals surface area contributed by atoms with Crippen LogP contribution in [0, 0.1) is 5.82 Å². The van der Waals surface area contributed by atoms with Gasteiger partial charge in [0.1, 0.15) is 23.2 Å². The smallest absolute Gasteiger partial charge is 0.417 e. The minimum atomic E-state index is -4.79. The lowest BCUT2D eigenvalue weighted by Crippen LogP contribution is -2.38. The van der Waals surface area contributed by atoms with Crippen LogP contribution in [0.25, 0.3) is 22.4 Å². The predicted octanol–water partition coefficient (Wildman–Crippen LogP) is 3.43. The van der Waals surface area contributed by atoms with E-state index >= 15 is 0 Å². The zero-order valence-corrected chi connectivity index (χ0v) is 14.6. The number of halogens is 4. The molecule has 4 rings (SSSR count). The molecule has 3 aromatic rings. The van der Waals surface area contributed by atoms with Crippen molar-refractivity contribution in [3.8, 4) is 11.4 Å². The van der Waals surface area contributed by atoms with Crippen LogP contribution >= 0.6 is 0 Å². The van der Waals surface area contributed by atoms with Crippen molar-refractivity contribution >= 4 is 22.9 Å². The van der Waals surface area contributed by atoms with Crippen LogP contribution in [-0.4, -0.2) is 34.5 Å². The highest BCUT2D eigenvalue weighted by molar-refractivity contribution is 6.06. The van der Waals surface area contributed by atoms with E-state index in [1.54, 1.807) is 6.07 Å². The molecule has 2 N–H and O–H groups in total. The Labute approximate surface area is 160 Å². The minimum Gasteiger partial charge on any atom is -0.464 e. The second-order valence-corrected chi connectivity index (χ2v) is 6.46. The topological polar surface area (TPSA) is 84.1 Å². The number of carbonyl (C=O) groups excluding carboxylic acids is 2. The molecule has 1 aliphatic heterocycles. The first-order valence-corrected chi connectivity index (χ1v) is 8.57. The van der Waals surface area contributed by atoms with Crippen molar-refractivity contribution in [1.82, 2.24) is 15.3 Å². The lowest BCUT2D eigenvalue weighted by Gasteiger charge is -2.11. The molecular formula is C19H13F4N3O3. The highest BCUT2D eigenvalue weighted by Gasteiger charge is 2.35. The van der Waals surface area contributed by atoms with Crippen LogP contribution in [0.1, 0.15) is 22.3 Å². The van der Waals surface area contributed by atoms with Crippen molar-refractivity contribution in [2.45, 2.75) is 18.6 Å². The number of benzene rings is 2. The molecule has 1 amide bonds. The normalized spacial score (nSPS) is 16.8. The molecular weight excluding hydrogens is 394 g/mol. The van der Waals surface area contributed by atoms with Gasteiger partial charge in [0.2, 0.25) is 0 Å². The summed E-state index contributed by atoms with van der Waals surface area (Å²) in [4.78, 5) is 31.0. The molecule has 0 bridgehead atoms. The molecule has 1 atom stereocenters. The number of imidazole rings is 1. The number of nitrogens with zero attached hydrogens (tertiary/aromatic N) is 1. The van der Waals surface area contributed by atoms with Crippen LogP contribution in [0.2, 0.25) is 0 Å². The number of aromatic amines is 1. The third kappa shape index (κ3) is 3.53. The van der Waals surface area contributed by atoms with E-state index in [0.717, 1.165) is 12.1 Å². The summed E-state index contributed by atoms with van der Waals surface area (Å²) >= 11 is 0. The maximum atomic E-state index is 13.4. The van der Waals surface area contributed by atoms with Crippen LogP contribution in [0.5, 0.6) is 0 Å². The number of nitrogens with one attached hydrogen (secondary N) is 2. The third-order valence-corrected chi connectivity index (χ3v) is 4.54. The van der Waals surface area contributed by atoms with E-state index in [1.165, 1.54) is 12.1 Å². The van der Waals surface area contributed by atoms with Gasteiger partial charge in [0.05, 0.1) is 23.3 Å². The molecule has 0 radical (unpaired) electrons. The van der Waals surface area contributed by atoms with Crippen LogP contribution in [-0.2, 0) is 15.7 Å². The summed E-state index contributed by atoms with van der Waals surface area (Å²) in [7, 11) is 0. The molecule has 2 aromatic carbocycles. The number of cyclic esters (lactones) is 1. The van der Waals surface area contributed by atoms with Gasteiger partial charge in [-0.25, -0.2) is 14.2 Å². The number of hydrogen-bond donors (Lipinski definition) is 2.